The van der Waals surface area contributed by atoms with Crippen LogP contribution in [0.1, 0.15) is 25.3 Å². The van der Waals surface area contributed by atoms with Crippen molar-refractivity contribution in [1.82, 2.24) is 9.78 Å². The molecule has 136 valence electrons. The summed E-state index contributed by atoms with van der Waals surface area (Å²) in [5.41, 5.74) is 2.56. The molecule has 0 aliphatic heterocycles. The Morgan fingerprint density at radius 2 is 1.85 bits per heavy atom. The number of rotatable bonds is 4. The van der Waals surface area contributed by atoms with E-state index >= 15 is 0 Å². The van der Waals surface area contributed by atoms with E-state index < -0.39 is 5.63 Å². The Hall–Kier alpha value is -3.41. The van der Waals surface area contributed by atoms with Gasteiger partial charge >= 0.3 is 5.63 Å². The molecule has 2 heterocycles. The Bertz CT molecular complexity index is 1190. The number of carbonyl (C=O) groups is 1. The number of hydrogen-bond acceptors (Lipinski definition) is 4. The highest BCUT2D eigenvalue weighted by molar-refractivity contribution is 6.02. The SMILES string of the molecule is CC(C)c1ccc(NC(=O)Cn2ncc3c(=O)oc4ccccc4c32)cc1. The number of aromatic nitrogens is 2. The fourth-order valence-electron chi connectivity index (χ4n) is 3.13. The topological polar surface area (TPSA) is 77.1 Å². The van der Waals surface area contributed by atoms with Crippen LogP contribution < -0.4 is 10.9 Å². The summed E-state index contributed by atoms with van der Waals surface area (Å²) < 4.78 is 6.84. The van der Waals surface area contributed by atoms with E-state index in [0.29, 0.717) is 22.4 Å². The quantitative estimate of drug-likeness (QED) is 0.559. The standard InChI is InChI=1S/C21H19N3O3/c1-13(2)14-7-9-15(10-8-14)23-19(25)12-24-20-16-5-3-4-6-18(16)27-21(26)17(20)11-22-24/h3-11,13H,12H2,1-2H3,(H,23,25). The van der Waals surface area contributed by atoms with Crippen molar-refractivity contribution in [3.63, 3.8) is 0 Å². The largest absolute Gasteiger partial charge is 0.422 e. The first kappa shape index (κ1) is 17.0. The van der Waals surface area contributed by atoms with Crippen LogP contribution in [0.3, 0.4) is 0 Å². The summed E-state index contributed by atoms with van der Waals surface area (Å²) in [6, 6.07) is 15.0. The molecule has 4 rings (SSSR count). The fourth-order valence-corrected chi connectivity index (χ4v) is 3.13. The zero-order valence-corrected chi connectivity index (χ0v) is 15.1. The minimum Gasteiger partial charge on any atom is -0.422 e. The molecule has 6 nitrogen and oxygen atoms in total. The van der Waals surface area contributed by atoms with Gasteiger partial charge < -0.3 is 9.73 Å². The van der Waals surface area contributed by atoms with Gasteiger partial charge in [-0.1, -0.05) is 38.1 Å². The van der Waals surface area contributed by atoms with Crippen LogP contribution in [0.15, 0.2) is 63.9 Å². The van der Waals surface area contributed by atoms with Crippen LogP contribution in [-0.2, 0) is 11.3 Å². The number of hydrogen-bond donors (Lipinski definition) is 1. The molecule has 27 heavy (non-hydrogen) atoms. The van der Waals surface area contributed by atoms with E-state index in [2.05, 4.69) is 24.3 Å². The number of nitrogens with one attached hydrogen (secondary N) is 1. The second-order valence-electron chi connectivity index (χ2n) is 6.78. The number of para-hydroxylation sites is 1. The lowest BCUT2D eigenvalue weighted by Gasteiger charge is -2.09. The highest BCUT2D eigenvalue weighted by Crippen LogP contribution is 2.22. The van der Waals surface area contributed by atoms with Crippen LogP contribution in [0.25, 0.3) is 21.9 Å². The Labute approximate surface area is 155 Å². The van der Waals surface area contributed by atoms with Crippen molar-refractivity contribution in [2.75, 3.05) is 5.32 Å². The molecule has 0 aliphatic carbocycles. The Morgan fingerprint density at radius 1 is 1.11 bits per heavy atom. The van der Waals surface area contributed by atoms with Crippen LogP contribution in [0.4, 0.5) is 5.69 Å². The zero-order chi connectivity index (χ0) is 19.0. The minimum absolute atomic E-state index is 0.00286. The summed E-state index contributed by atoms with van der Waals surface area (Å²) >= 11 is 0. The van der Waals surface area contributed by atoms with Crippen molar-refractivity contribution < 1.29 is 9.21 Å². The zero-order valence-electron chi connectivity index (χ0n) is 15.1. The molecular weight excluding hydrogens is 342 g/mol. The van der Waals surface area contributed by atoms with E-state index in [1.165, 1.54) is 16.4 Å². The average molecular weight is 361 g/mol. The van der Waals surface area contributed by atoms with E-state index in [-0.39, 0.29) is 12.5 Å². The first-order valence-corrected chi connectivity index (χ1v) is 8.80. The third kappa shape index (κ3) is 3.21. The van der Waals surface area contributed by atoms with Crippen molar-refractivity contribution in [1.29, 1.82) is 0 Å². The van der Waals surface area contributed by atoms with E-state index in [4.69, 9.17) is 4.42 Å². The summed E-state index contributed by atoms with van der Waals surface area (Å²) in [5.74, 6) is 0.222. The van der Waals surface area contributed by atoms with Gasteiger partial charge in [0, 0.05) is 11.1 Å². The predicted octanol–water partition coefficient (Wildman–Crippen LogP) is 3.90. The van der Waals surface area contributed by atoms with E-state index in [1.807, 2.05) is 36.4 Å². The van der Waals surface area contributed by atoms with Gasteiger partial charge in [0.25, 0.3) is 0 Å². The molecule has 0 fully saturated rings. The third-order valence-corrected chi connectivity index (χ3v) is 4.56. The maximum atomic E-state index is 12.5. The maximum absolute atomic E-state index is 12.5. The normalized spacial score (nSPS) is 11.4. The molecule has 2 aromatic carbocycles. The summed E-state index contributed by atoms with van der Waals surface area (Å²) in [5, 5.41) is 8.21. The summed E-state index contributed by atoms with van der Waals surface area (Å²) in [6.07, 6.45) is 1.44. The van der Waals surface area contributed by atoms with E-state index in [1.54, 1.807) is 12.1 Å². The molecule has 0 saturated carbocycles. The number of fused-ring (bicyclic) bond motifs is 3. The Kier molecular flexibility index (Phi) is 4.24. The van der Waals surface area contributed by atoms with Crippen molar-refractivity contribution in [2.45, 2.75) is 26.3 Å². The number of nitrogens with zero attached hydrogens (tertiary/aromatic N) is 2. The molecule has 1 amide bonds. The first-order chi connectivity index (χ1) is 13.0. The van der Waals surface area contributed by atoms with Crippen LogP contribution >= 0.6 is 0 Å². The summed E-state index contributed by atoms with van der Waals surface area (Å²) in [4.78, 5) is 24.6. The lowest BCUT2D eigenvalue weighted by molar-refractivity contribution is -0.116. The molecule has 0 unspecified atom stereocenters. The highest BCUT2D eigenvalue weighted by Gasteiger charge is 2.15. The molecule has 0 saturated heterocycles. The lowest BCUT2D eigenvalue weighted by Crippen LogP contribution is -2.19. The summed E-state index contributed by atoms with van der Waals surface area (Å²) in [7, 11) is 0. The second-order valence-corrected chi connectivity index (χ2v) is 6.78. The van der Waals surface area contributed by atoms with Gasteiger partial charge in [-0.3, -0.25) is 9.48 Å². The molecule has 4 aromatic rings. The van der Waals surface area contributed by atoms with Gasteiger partial charge in [-0.15, -0.1) is 0 Å². The van der Waals surface area contributed by atoms with Crippen LogP contribution in [0, 0.1) is 0 Å². The van der Waals surface area contributed by atoms with Gasteiger partial charge in [0.1, 0.15) is 17.5 Å². The maximum Gasteiger partial charge on any atom is 0.347 e. The lowest BCUT2D eigenvalue weighted by atomic mass is 10.0. The van der Waals surface area contributed by atoms with Crippen molar-refractivity contribution in [2.24, 2.45) is 0 Å². The van der Waals surface area contributed by atoms with E-state index in [9.17, 15) is 9.59 Å². The number of carbonyl (C=O) groups excluding carboxylic acids is 1. The molecule has 2 aromatic heterocycles. The van der Waals surface area contributed by atoms with Crippen molar-refractivity contribution >= 4 is 33.5 Å². The summed E-state index contributed by atoms with van der Waals surface area (Å²) in [6.45, 7) is 4.25. The van der Waals surface area contributed by atoms with Gasteiger partial charge in [0.15, 0.2) is 0 Å². The molecule has 0 atom stereocenters. The van der Waals surface area contributed by atoms with Crippen LogP contribution in [0.5, 0.6) is 0 Å². The van der Waals surface area contributed by atoms with Crippen molar-refractivity contribution in [3.05, 3.63) is 70.7 Å². The molecule has 0 spiro atoms. The second kappa shape index (κ2) is 6.72. The van der Waals surface area contributed by atoms with Gasteiger partial charge in [0.05, 0.1) is 11.7 Å². The third-order valence-electron chi connectivity index (χ3n) is 4.56. The molecule has 0 radical (unpaired) electrons. The number of amides is 1. The molecule has 6 heteroatoms. The Balaban J connectivity index is 1.63. The smallest absolute Gasteiger partial charge is 0.347 e. The van der Waals surface area contributed by atoms with Crippen LogP contribution in [0.2, 0.25) is 0 Å². The first-order valence-electron chi connectivity index (χ1n) is 8.80. The fraction of sp³-hybridized carbons (Fsp3) is 0.190. The molecule has 0 aliphatic rings. The van der Waals surface area contributed by atoms with Crippen LogP contribution in [-0.4, -0.2) is 15.7 Å². The van der Waals surface area contributed by atoms with Crippen molar-refractivity contribution in [3.8, 4) is 0 Å². The molecular formula is C21H19N3O3. The van der Waals surface area contributed by atoms with Gasteiger partial charge in [-0.25, -0.2) is 4.79 Å². The Morgan fingerprint density at radius 3 is 2.59 bits per heavy atom. The average Bonchev–Trinajstić information content (AvgIpc) is 3.07. The molecule has 0 bridgehead atoms. The molecule has 1 N–H and O–H groups in total. The number of anilines is 1. The highest BCUT2D eigenvalue weighted by atomic mass is 16.4. The number of benzene rings is 2. The van der Waals surface area contributed by atoms with Gasteiger partial charge in [-0.2, -0.15) is 5.10 Å². The predicted molar refractivity (Wildman–Crippen MR) is 105 cm³/mol. The van der Waals surface area contributed by atoms with Gasteiger partial charge in [0.2, 0.25) is 5.91 Å². The van der Waals surface area contributed by atoms with E-state index in [0.717, 1.165) is 11.1 Å². The monoisotopic (exact) mass is 361 g/mol. The minimum atomic E-state index is -0.459. The van der Waals surface area contributed by atoms with Gasteiger partial charge in [-0.05, 0) is 35.7 Å².